The summed E-state index contributed by atoms with van der Waals surface area (Å²) < 4.78 is 16.8. The third-order valence-corrected chi connectivity index (χ3v) is 5.07. The van der Waals surface area contributed by atoms with Crippen molar-refractivity contribution in [3.8, 4) is 11.5 Å². The number of benzene rings is 1. The van der Waals surface area contributed by atoms with Crippen molar-refractivity contribution in [3.63, 3.8) is 0 Å². The molecule has 1 aromatic rings. The molecule has 0 bridgehead atoms. The molecular weight excluding hydrogens is 304 g/mol. The number of rotatable bonds is 6. The van der Waals surface area contributed by atoms with E-state index in [1.165, 1.54) is 11.1 Å². The summed E-state index contributed by atoms with van der Waals surface area (Å²) in [6, 6.07) is 4.61. The van der Waals surface area contributed by atoms with Gasteiger partial charge in [0.05, 0.1) is 26.4 Å². The second-order valence-corrected chi connectivity index (χ2v) is 7.30. The molecule has 0 amide bonds. The highest BCUT2D eigenvalue weighted by molar-refractivity contribution is 5.53. The van der Waals surface area contributed by atoms with Gasteiger partial charge in [-0.25, -0.2) is 0 Å². The highest BCUT2D eigenvalue weighted by Gasteiger charge is 2.29. The largest absolute Gasteiger partial charge is 0.493 e. The fourth-order valence-electron chi connectivity index (χ4n) is 3.95. The molecule has 1 aliphatic heterocycles. The molecule has 5 heteroatoms. The van der Waals surface area contributed by atoms with Gasteiger partial charge in [0.1, 0.15) is 0 Å². The van der Waals surface area contributed by atoms with Gasteiger partial charge >= 0.3 is 0 Å². The van der Waals surface area contributed by atoms with E-state index >= 15 is 0 Å². The van der Waals surface area contributed by atoms with Crippen LogP contribution in [0.3, 0.4) is 0 Å². The molecule has 1 saturated heterocycles. The van der Waals surface area contributed by atoms with Gasteiger partial charge in [0.15, 0.2) is 11.5 Å². The topological polar surface area (TPSA) is 43.0 Å². The number of nitrogens with zero attached hydrogens (tertiary/aromatic N) is 1. The molecule has 1 fully saturated rings. The van der Waals surface area contributed by atoms with Crippen molar-refractivity contribution in [2.75, 3.05) is 47.0 Å². The van der Waals surface area contributed by atoms with E-state index in [9.17, 15) is 0 Å². The Kier molecular flexibility index (Phi) is 5.33. The molecule has 1 atom stereocenters. The number of nitrogens with one attached hydrogen (secondary N) is 1. The van der Waals surface area contributed by atoms with Crippen molar-refractivity contribution in [1.29, 1.82) is 0 Å². The van der Waals surface area contributed by atoms with Gasteiger partial charge in [-0.15, -0.1) is 0 Å². The Morgan fingerprint density at radius 1 is 1.29 bits per heavy atom. The normalized spacial score (nSPS) is 23.1. The van der Waals surface area contributed by atoms with Crippen molar-refractivity contribution in [2.24, 2.45) is 0 Å². The zero-order valence-corrected chi connectivity index (χ0v) is 15.4. The molecule has 5 nitrogen and oxygen atoms in total. The number of hydrogen-bond donors (Lipinski definition) is 1. The van der Waals surface area contributed by atoms with Crippen molar-refractivity contribution >= 4 is 0 Å². The van der Waals surface area contributed by atoms with E-state index in [-0.39, 0.29) is 5.60 Å². The van der Waals surface area contributed by atoms with Crippen LogP contribution in [-0.2, 0) is 11.2 Å². The monoisotopic (exact) mass is 334 g/mol. The molecule has 1 N–H and O–H groups in total. The minimum Gasteiger partial charge on any atom is -0.493 e. The summed E-state index contributed by atoms with van der Waals surface area (Å²) >= 11 is 0. The summed E-state index contributed by atoms with van der Waals surface area (Å²) in [5, 5.41) is 3.72. The molecule has 0 aromatic heterocycles. The van der Waals surface area contributed by atoms with Crippen LogP contribution in [-0.4, -0.2) is 57.5 Å². The number of morpholine rings is 1. The average Bonchev–Trinajstić information content (AvgIpc) is 2.96. The Balaban J connectivity index is 1.57. The minimum atomic E-state index is -0.0257. The maximum absolute atomic E-state index is 5.78. The van der Waals surface area contributed by atoms with Crippen molar-refractivity contribution in [3.05, 3.63) is 23.3 Å². The summed E-state index contributed by atoms with van der Waals surface area (Å²) in [4.78, 5) is 2.49. The van der Waals surface area contributed by atoms with Gasteiger partial charge in [0.25, 0.3) is 0 Å². The zero-order valence-electron chi connectivity index (χ0n) is 15.4. The third-order valence-electron chi connectivity index (χ3n) is 5.07. The van der Waals surface area contributed by atoms with Crippen LogP contribution in [0.15, 0.2) is 12.1 Å². The Morgan fingerprint density at radius 2 is 2.12 bits per heavy atom. The van der Waals surface area contributed by atoms with E-state index in [0.717, 1.165) is 57.1 Å². The smallest absolute Gasteiger partial charge is 0.164 e. The first-order valence-corrected chi connectivity index (χ1v) is 8.87. The summed E-state index contributed by atoms with van der Waals surface area (Å²) in [5.41, 5.74) is 2.62. The molecule has 1 heterocycles. The van der Waals surface area contributed by atoms with Crippen LogP contribution in [0.1, 0.15) is 37.4 Å². The first-order valence-electron chi connectivity index (χ1n) is 8.87. The van der Waals surface area contributed by atoms with E-state index in [1.54, 1.807) is 14.2 Å². The molecule has 134 valence electrons. The summed E-state index contributed by atoms with van der Waals surface area (Å²) in [6.07, 6.45) is 2.16. The second kappa shape index (κ2) is 7.30. The van der Waals surface area contributed by atoms with Gasteiger partial charge in [-0.2, -0.15) is 0 Å². The van der Waals surface area contributed by atoms with Crippen LogP contribution in [0.4, 0.5) is 0 Å². The van der Waals surface area contributed by atoms with Crippen LogP contribution >= 0.6 is 0 Å². The number of hydrogen-bond acceptors (Lipinski definition) is 5. The van der Waals surface area contributed by atoms with Crippen LogP contribution < -0.4 is 14.8 Å². The molecule has 1 unspecified atom stereocenters. The molecule has 0 radical (unpaired) electrons. The highest BCUT2D eigenvalue weighted by atomic mass is 16.5. The standard InChI is InChI=1S/C19H30N2O3/c1-19(2)13-21(11-12-24-19)10-9-20-16-7-5-15-14(16)6-8-17(22-3)18(15)23-4/h6,8,16,20H,5,7,9-13H2,1-4H3. The number of ether oxygens (including phenoxy) is 3. The van der Waals surface area contributed by atoms with E-state index in [1.807, 2.05) is 6.07 Å². The Bertz CT molecular complexity index is 574. The summed E-state index contributed by atoms with van der Waals surface area (Å²) in [7, 11) is 3.41. The predicted molar refractivity (Wildman–Crippen MR) is 95.1 cm³/mol. The zero-order chi connectivity index (χ0) is 17.2. The first-order chi connectivity index (χ1) is 11.5. The fraction of sp³-hybridized carbons (Fsp3) is 0.684. The van der Waals surface area contributed by atoms with Crippen molar-refractivity contribution in [1.82, 2.24) is 10.2 Å². The first kappa shape index (κ1) is 17.5. The van der Waals surface area contributed by atoms with Gasteiger partial charge in [-0.05, 0) is 38.3 Å². The lowest BCUT2D eigenvalue weighted by molar-refractivity contribution is -0.0855. The van der Waals surface area contributed by atoms with Crippen LogP contribution in [0, 0.1) is 0 Å². The molecule has 3 rings (SSSR count). The second-order valence-electron chi connectivity index (χ2n) is 7.30. The van der Waals surface area contributed by atoms with Gasteiger partial charge in [-0.3, -0.25) is 4.90 Å². The van der Waals surface area contributed by atoms with Gasteiger partial charge in [-0.1, -0.05) is 6.07 Å². The summed E-state index contributed by atoms with van der Waals surface area (Å²) in [6.45, 7) is 9.24. The molecule has 1 aromatic carbocycles. The maximum Gasteiger partial charge on any atom is 0.164 e. The lowest BCUT2D eigenvalue weighted by Gasteiger charge is -2.38. The average molecular weight is 334 g/mol. The van der Waals surface area contributed by atoms with Gasteiger partial charge in [0, 0.05) is 37.8 Å². The number of fused-ring (bicyclic) bond motifs is 1. The molecule has 0 saturated carbocycles. The van der Waals surface area contributed by atoms with Crippen molar-refractivity contribution in [2.45, 2.75) is 38.3 Å². The van der Waals surface area contributed by atoms with Gasteiger partial charge in [0.2, 0.25) is 0 Å². The summed E-state index contributed by atoms with van der Waals surface area (Å²) in [5.74, 6) is 1.72. The predicted octanol–water partition coefficient (Wildman–Crippen LogP) is 2.39. The number of methoxy groups -OCH3 is 2. The van der Waals surface area contributed by atoms with Crippen LogP contribution in [0.2, 0.25) is 0 Å². The van der Waals surface area contributed by atoms with E-state index < -0.39 is 0 Å². The van der Waals surface area contributed by atoms with E-state index in [0.29, 0.717) is 6.04 Å². The fourth-order valence-corrected chi connectivity index (χ4v) is 3.95. The molecule has 1 aliphatic carbocycles. The Labute approximate surface area is 145 Å². The Morgan fingerprint density at radius 3 is 2.83 bits per heavy atom. The molecule has 2 aliphatic rings. The van der Waals surface area contributed by atoms with Crippen LogP contribution in [0.5, 0.6) is 11.5 Å². The van der Waals surface area contributed by atoms with Crippen LogP contribution in [0.25, 0.3) is 0 Å². The van der Waals surface area contributed by atoms with Crippen molar-refractivity contribution < 1.29 is 14.2 Å². The lowest BCUT2D eigenvalue weighted by atomic mass is 10.1. The van der Waals surface area contributed by atoms with Gasteiger partial charge < -0.3 is 19.5 Å². The SMILES string of the molecule is COc1ccc2c(c1OC)CCC2NCCN1CCOC(C)(C)C1. The molecular formula is C19H30N2O3. The lowest BCUT2D eigenvalue weighted by Crippen LogP contribution is -2.49. The highest BCUT2D eigenvalue weighted by Crippen LogP contribution is 2.42. The van der Waals surface area contributed by atoms with E-state index in [2.05, 4.69) is 30.1 Å². The van der Waals surface area contributed by atoms with E-state index in [4.69, 9.17) is 14.2 Å². The Hall–Kier alpha value is -1.30. The molecule has 0 spiro atoms. The molecule has 24 heavy (non-hydrogen) atoms. The third kappa shape index (κ3) is 3.68. The quantitative estimate of drug-likeness (QED) is 0.865. The maximum atomic E-state index is 5.78. The minimum absolute atomic E-state index is 0.0257.